The van der Waals surface area contributed by atoms with Crippen LogP contribution in [0.25, 0.3) is 0 Å². The van der Waals surface area contributed by atoms with Gasteiger partial charge < -0.3 is 9.22 Å². The van der Waals surface area contributed by atoms with E-state index >= 15 is 0 Å². The van der Waals surface area contributed by atoms with E-state index in [2.05, 4.69) is 0 Å². The molecular weight excluding hydrogens is 274 g/mol. The topological polar surface area (TPSA) is 26.3 Å². The van der Waals surface area contributed by atoms with Crippen molar-refractivity contribution >= 4 is 17.6 Å². The van der Waals surface area contributed by atoms with Gasteiger partial charge in [0.25, 0.3) is 0 Å². The van der Waals surface area contributed by atoms with Crippen molar-refractivity contribution in [3.8, 4) is 0 Å². The van der Waals surface area contributed by atoms with Crippen molar-refractivity contribution in [2.24, 2.45) is 0 Å². The first-order valence-electron chi connectivity index (χ1n) is 6.73. The average Bonchev–Trinajstić information content (AvgIpc) is 2.37. The summed E-state index contributed by atoms with van der Waals surface area (Å²) in [6, 6.07) is 10.0. The third-order valence-corrected chi connectivity index (χ3v) is 3.07. The first-order valence-corrected chi connectivity index (χ1v) is 7.11. The van der Waals surface area contributed by atoms with Crippen molar-refractivity contribution in [1.29, 1.82) is 0 Å². The molecule has 3 nitrogen and oxygen atoms in total. The summed E-state index contributed by atoms with van der Waals surface area (Å²) in [7, 11) is 3.96. The fraction of sp³-hybridized carbons (Fsp3) is 0.438. The molecule has 0 aromatic heterocycles. The maximum atomic E-state index is 11.8. The monoisotopic (exact) mass is 296 g/mol. The number of benzene rings is 1. The fourth-order valence-corrected chi connectivity index (χ4v) is 1.83. The Morgan fingerprint density at radius 2 is 1.95 bits per heavy atom. The standard InChI is InChI=1S/C16H23ClNO2/c1-14(17)9-11-18(2,3)13-16(19)20-12-10-15-7-5-4-6-8-15/h4-9H,10-13H2,1-3H3/q+1/b14-9-. The van der Waals surface area contributed by atoms with Crippen LogP contribution in [0.4, 0.5) is 0 Å². The highest BCUT2D eigenvalue weighted by atomic mass is 35.5. The summed E-state index contributed by atoms with van der Waals surface area (Å²) in [5.41, 5.74) is 1.18. The second-order valence-corrected chi connectivity index (χ2v) is 6.12. The summed E-state index contributed by atoms with van der Waals surface area (Å²) in [4.78, 5) is 11.8. The van der Waals surface area contributed by atoms with Crippen LogP contribution in [-0.2, 0) is 16.0 Å². The molecule has 0 N–H and O–H groups in total. The van der Waals surface area contributed by atoms with E-state index in [4.69, 9.17) is 16.3 Å². The summed E-state index contributed by atoms with van der Waals surface area (Å²) in [5.74, 6) is -0.174. The SMILES string of the molecule is C/C(Cl)=C/C[N+](C)(C)CC(=O)OCCc1ccccc1. The number of ether oxygens (including phenoxy) is 1. The molecule has 0 heterocycles. The number of hydrogen-bond donors (Lipinski definition) is 0. The molecule has 0 amide bonds. The lowest BCUT2D eigenvalue weighted by molar-refractivity contribution is -0.877. The summed E-state index contributed by atoms with van der Waals surface area (Å²) in [5, 5.41) is 0.744. The van der Waals surface area contributed by atoms with Crippen molar-refractivity contribution in [2.45, 2.75) is 13.3 Å². The minimum absolute atomic E-state index is 0.174. The maximum Gasteiger partial charge on any atom is 0.361 e. The number of carbonyl (C=O) groups is 1. The number of halogens is 1. The zero-order chi connectivity index (χ0) is 15.0. The molecule has 0 saturated carbocycles. The molecule has 1 rings (SSSR count). The molecule has 4 heteroatoms. The third kappa shape index (κ3) is 7.31. The highest BCUT2D eigenvalue weighted by molar-refractivity contribution is 6.29. The molecule has 0 atom stereocenters. The summed E-state index contributed by atoms with van der Waals surface area (Å²) in [6.45, 7) is 3.31. The predicted octanol–water partition coefficient (Wildman–Crippen LogP) is 2.99. The number of rotatable bonds is 7. The minimum atomic E-state index is -0.174. The molecule has 0 spiro atoms. The van der Waals surface area contributed by atoms with Gasteiger partial charge in [-0.15, -0.1) is 0 Å². The van der Waals surface area contributed by atoms with Gasteiger partial charge in [-0.05, 0) is 18.6 Å². The van der Waals surface area contributed by atoms with Gasteiger partial charge in [-0.1, -0.05) is 41.9 Å². The Morgan fingerprint density at radius 1 is 1.30 bits per heavy atom. The van der Waals surface area contributed by atoms with Gasteiger partial charge in [-0.25, -0.2) is 4.79 Å². The van der Waals surface area contributed by atoms with Crippen LogP contribution in [0, 0.1) is 0 Å². The van der Waals surface area contributed by atoms with Crippen molar-refractivity contribution < 1.29 is 14.0 Å². The van der Waals surface area contributed by atoms with E-state index in [1.165, 1.54) is 5.56 Å². The predicted molar refractivity (Wildman–Crippen MR) is 82.6 cm³/mol. The van der Waals surface area contributed by atoms with Crippen LogP contribution in [0.15, 0.2) is 41.4 Å². The number of carbonyl (C=O) groups excluding carboxylic acids is 1. The van der Waals surface area contributed by atoms with Crippen molar-refractivity contribution in [3.05, 3.63) is 47.0 Å². The lowest BCUT2D eigenvalue weighted by atomic mass is 10.2. The summed E-state index contributed by atoms with van der Waals surface area (Å²) < 4.78 is 5.82. The Morgan fingerprint density at radius 3 is 2.55 bits per heavy atom. The Hall–Kier alpha value is -1.32. The molecule has 1 aromatic carbocycles. The van der Waals surface area contributed by atoms with Gasteiger partial charge in [-0.3, -0.25) is 0 Å². The zero-order valence-electron chi connectivity index (χ0n) is 12.4. The molecule has 0 radical (unpaired) electrons. The van der Waals surface area contributed by atoms with Crippen molar-refractivity contribution in [1.82, 2.24) is 0 Å². The van der Waals surface area contributed by atoms with Crippen molar-refractivity contribution in [3.63, 3.8) is 0 Å². The van der Waals surface area contributed by atoms with E-state index in [-0.39, 0.29) is 5.97 Å². The molecular formula is C16H23ClNO2+. The van der Waals surface area contributed by atoms with Crippen LogP contribution in [0.3, 0.4) is 0 Å². The molecule has 1 aromatic rings. The zero-order valence-corrected chi connectivity index (χ0v) is 13.2. The van der Waals surface area contributed by atoms with E-state index in [0.717, 1.165) is 11.5 Å². The van der Waals surface area contributed by atoms with Crippen LogP contribution < -0.4 is 0 Å². The van der Waals surface area contributed by atoms with E-state index in [1.54, 1.807) is 0 Å². The second-order valence-electron chi connectivity index (χ2n) is 5.52. The maximum absolute atomic E-state index is 11.8. The van der Waals surface area contributed by atoms with Crippen LogP contribution >= 0.6 is 11.6 Å². The molecule has 0 saturated heterocycles. The normalized spacial score (nSPS) is 12.3. The fourth-order valence-electron chi connectivity index (χ4n) is 1.76. The number of hydrogen-bond acceptors (Lipinski definition) is 2. The largest absolute Gasteiger partial charge is 0.461 e. The number of nitrogens with zero attached hydrogens (tertiary/aromatic N) is 1. The van der Waals surface area contributed by atoms with Gasteiger partial charge in [0.05, 0.1) is 27.2 Å². The molecule has 0 bridgehead atoms. The van der Waals surface area contributed by atoms with Gasteiger partial charge in [0.15, 0.2) is 6.54 Å². The molecule has 0 fully saturated rings. The second kappa shape index (κ2) is 8.08. The number of esters is 1. The molecule has 110 valence electrons. The highest BCUT2D eigenvalue weighted by Crippen LogP contribution is 2.04. The van der Waals surface area contributed by atoms with Crippen LogP contribution in [-0.4, -0.2) is 44.2 Å². The quantitative estimate of drug-likeness (QED) is 0.571. The summed E-state index contributed by atoms with van der Waals surface area (Å²) >= 11 is 5.81. The average molecular weight is 297 g/mol. The van der Waals surface area contributed by atoms with Crippen LogP contribution in [0.2, 0.25) is 0 Å². The molecule has 0 aliphatic heterocycles. The van der Waals surface area contributed by atoms with E-state index < -0.39 is 0 Å². The van der Waals surface area contributed by atoms with Crippen LogP contribution in [0.1, 0.15) is 12.5 Å². The van der Waals surface area contributed by atoms with Crippen LogP contribution in [0.5, 0.6) is 0 Å². The van der Waals surface area contributed by atoms with Gasteiger partial charge in [0, 0.05) is 11.5 Å². The molecule has 20 heavy (non-hydrogen) atoms. The molecule has 0 unspecified atom stereocenters. The number of allylic oxidation sites excluding steroid dienone is 1. The first kappa shape index (κ1) is 16.7. The lowest BCUT2D eigenvalue weighted by Gasteiger charge is -2.27. The Balaban J connectivity index is 2.31. The first-order chi connectivity index (χ1) is 9.39. The Bertz CT molecular complexity index is 451. The van der Waals surface area contributed by atoms with Gasteiger partial charge in [-0.2, -0.15) is 0 Å². The Kier molecular flexibility index (Phi) is 6.76. The summed E-state index contributed by atoms with van der Waals surface area (Å²) in [6.07, 6.45) is 2.67. The van der Waals surface area contributed by atoms with E-state index in [0.29, 0.717) is 24.2 Å². The van der Waals surface area contributed by atoms with Gasteiger partial charge in [0.2, 0.25) is 0 Å². The minimum Gasteiger partial charge on any atom is -0.461 e. The lowest BCUT2D eigenvalue weighted by Crippen LogP contribution is -2.44. The highest BCUT2D eigenvalue weighted by Gasteiger charge is 2.19. The number of likely N-dealkylation sites (N-methyl/N-ethyl adjacent to an activating group) is 1. The van der Waals surface area contributed by atoms with E-state index in [1.807, 2.05) is 57.4 Å². The molecule has 0 aliphatic carbocycles. The van der Waals surface area contributed by atoms with E-state index in [9.17, 15) is 4.79 Å². The smallest absolute Gasteiger partial charge is 0.361 e. The van der Waals surface area contributed by atoms with Gasteiger partial charge in [0.1, 0.15) is 0 Å². The van der Waals surface area contributed by atoms with Crippen molar-refractivity contribution in [2.75, 3.05) is 33.8 Å². The van der Waals surface area contributed by atoms with Gasteiger partial charge >= 0.3 is 5.97 Å². The molecule has 0 aliphatic rings. The Labute approximate surface area is 126 Å². The number of quaternary nitrogens is 1. The third-order valence-electron chi connectivity index (χ3n) is 2.92.